The molecule has 0 bridgehead atoms. The van der Waals surface area contributed by atoms with Crippen LogP contribution < -0.4 is 47.5 Å². The van der Waals surface area contributed by atoms with Gasteiger partial charge in [-0.25, -0.2) is 13.1 Å². The highest BCUT2D eigenvalue weighted by molar-refractivity contribution is 7.98. The molecule has 0 radical (unpaired) electrons. The van der Waals surface area contributed by atoms with Crippen LogP contribution >= 0.6 is 11.8 Å². The average Bonchev–Trinajstić information content (AvgIpc) is 3.76. The number of amides is 8. The van der Waals surface area contributed by atoms with Crippen molar-refractivity contribution in [2.24, 2.45) is 17.4 Å². The Kier molecular flexibility index (Phi) is 22.0. The maximum atomic E-state index is 13.7. The van der Waals surface area contributed by atoms with E-state index in [0.29, 0.717) is 30.1 Å². The summed E-state index contributed by atoms with van der Waals surface area (Å²) in [6.45, 7) is 4.91. The lowest BCUT2D eigenvalue weighted by molar-refractivity contribution is -0.142. The monoisotopic (exact) mass is 975 g/mol. The molecule has 368 valence electrons. The first-order chi connectivity index (χ1) is 31.6. The summed E-state index contributed by atoms with van der Waals surface area (Å²) < 4.78 is 33.7. The lowest BCUT2D eigenvalue weighted by Crippen LogP contribution is -2.59. The number of rotatable bonds is 28. The third-order valence-corrected chi connectivity index (χ3v) is 12.4. The molecule has 24 heteroatoms. The highest BCUT2D eigenvalue weighted by Crippen LogP contribution is 2.23. The van der Waals surface area contributed by atoms with Gasteiger partial charge in [-0.15, -0.1) is 0 Å². The topological polar surface area (TPSA) is 345 Å². The molecule has 6 atom stereocenters. The second-order valence-corrected chi connectivity index (χ2v) is 18.9. The number of nitrogens with one attached hydrogen (secondary N) is 6. The number of hydrogen-bond acceptors (Lipinski definition) is 13. The fourth-order valence-corrected chi connectivity index (χ4v) is 8.40. The summed E-state index contributed by atoms with van der Waals surface area (Å²) in [5.41, 5.74) is 10.8. The van der Waals surface area contributed by atoms with Gasteiger partial charge in [0.2, 0.25) is 57.3 Å². The SMILES string of the molecule is CSCC[C@H](NC(=O)[C@H](CC(C)C)NC(=O)[C@H](C)NC(=O)[C@H](CC(=O)O)NC(=O)[C@H](CC(N)=O)NC(=O)CCCNS(=O)(=O)c1ccc(Oc2ccccc2)cc1)C(=O)N1CCC[C@H]1C(N)=O. The summed E-state index contributed by atoms with van der Waals surface area (Å²) in [7, 11) is -3.99. The Morgan fingerprint density at radius 1 is 0.776 bits per heavy atom. The third-order valence-electron chi connectivity index (χ3n) is 10.2. The number of primary amides is 2. The van der Waals surface area contributed by atoms with Gasteiger partial charge in [-0.05, 0) is 93.4 Å². The molecule has 1 fully saturated rings. The van der Waals surface area contributed by atoms with E-state index >= 15 is 0 Å². The van der Waals surface area contributed by atoms with E-state index in [1.807, 2.05) is 12.3 Å². The molecule has 0 unspecified atom stereocenters. The van der Waals surface area contributed by atoms with Crippen LogP contribution in [0.5, 0.6) is 11.5 Å². The zero-order valence-electron chi connectivity index (χ0n) is 37.8. The lowest BCUT2D eigenvalue weighted by atomic mass is 10.0. The van der Waals surface area contributed by atoms with Gasteiger partial charge in [-0.3, -0.25) is 43.2 Å². The smallest absolute Gasteiger partial charge is 0.305 e. The van der Waals surface area contributed by atoms with E-state index in [4.69, 9.17) is 16.2 Å². The molecular formula is C43H61N9O13S2. The molecule has 11 N–H and O–H groups in total. The fourth-order valence-electron chi connectivity index (χ4n) is 6.85. The second-order valence-electron chi connectivity index (χ2n) is 16.2. The fraction of sp³-hybridized carbons (Fsp3) is 0.512. The molecule has 2 aromatic rings. The second kappa shape index (κ2) is 26.8. The molecule has 3 rings (SSSR count). The normalized spacial score (nSPS) is 15.8. The minimum absolute atomic E-state index is 0.0540. The van der Waals surface area contributed by atoms with Crippen LogP contribution in [0.3, 0.4) is 0 Å². The molecule has 0 aromatic heterocycles. The largest absolute Gasteiger partial charge is 0.481 e. The van der Waals surface area contributed by atoms with Crippen molar-refractivity contribution in [1.29, 1.82) is 0 Å². The highest BCUT2D eigenvalue weighted by atomic mass is 32.2. The minimum Gasteiger partial charge on any atom is -0.481 e. The highest BCUT2D eigenvalue weighted by Gasteiger charge is 2.38. The number of likely N-dealkylation sites (tertiary alicyclic amines) is 1. The summed E-state index contributed by atoms with van der Waals surface area (Å²) in [6.07, 6.45) is 0.945. The van der Waals surface area contributed by atoms with E-state index in [-0.39, 0.29) is 49.6 Å². The maximum Gasteiger partial charge on any atom is 0.305 e. The Hall–Kier alpha value is -6.27. The summed E-state index contributed by atoms with van der Waals surface area (Å²) in [6, 6.07) is 6.50. The minimum atomic E-state index is -3.99. The quantitative estimate of drug-likeness (QED) is 0.0491. The van der Waals surface area contributed by atoms with Crippen LogP contribution in [0.15, 0.2) is 59.5 Å². The molecule has 1 heterocycles. The van der Waals surface area contributed by atoms with E-state index in [9.17, 15) is 56.7 Å². The number of ether oxygens (including phenoxy) is 1. The summed E-state index contributed by atoms with van der Waals surface area (Å²) >= 11 is 1.44. The Bertz CT molecular complexity index is 2180. The first-order valence-electron chi connectivity index (χ1n) is 21.5. The van der Waals surface area contributed by atoms with E-state index < -0.39 is 112 Å². The van der Waals surface area contributed by atoms with Gasteiger partial charge in [-0.1, -0.05) is 32.0 Å². The van der Waals surface area contributed by atoms with Crippen LogP contribution in [-0.2, 0) is 53.2 Å². The van der Waals surface area contributed by atoms with Gasteiger partial charge < -0.3 is 52.8 Å². The van der Waals surface area contributed by atoms with E-state index in [1.165, 1.54) is 47.9 Å². The van der Waals surface area contributed by atoms with Crippen LogP contribution in [0, 0.1) is 5.92 Å². The van der Waals surface area contributed by atoms with Gasteiger partial charge >= 0.3 is 5.97 Å². The molecule has 0 saturated carbocycles. The van der Waals surface area contributed by atoms with Crippen molar-refractivity contribution in [3.05, 3.63) is 54.6 Å². The Morgan fingerprint density at radius 3 is 1.96 bits per heavy atom. The molecule has 1 saturated heterocycles. The molecule has 8 amide bonds. The van der Waals surface area contributed by atoms with Gasteiger partial charge in [0.05, 0.1) is 17.7 Å². The van der Waals surface area contributed by atoms with Crippen molar-refractivity contribution < 1.29 is 61.4 Å². The molecule has 67 heavy (non-hydrogen) atoms. The number of thioether (sulfide) groups is 1. The van der Waals surface area contributed by atoms with Crippen molar-refractivity contribution >= 4 is 75.0 Å². The molecular weight excluding hydrogens is 915 g/mol. The maximum absolute atomic E-state index is 13.7. The third kappa shape index (κ3) is 18.5. The summed E-state index contributed by atoms with van der Waals surface area (Å²) in [4.78, 5) is 117. The van der Waals surface area contributed by atoms with E-state index in [0.717, 1.165) is 0 Å². The lowest BCUT2D eigenvalue weighted by Gasteiger charge is -2.29. The number of aliphatic carboxylic acids is 1. The number of sulfonamides is 1. The number of para-hydroxylation sites is 1. The van der Waals surface area contributed by atoms with Crippen molar-refractivity contribution in [2.75, 3.05) is 25.1 Å². The van der Waals surface area contributed by atoms with Crippen molar-refractivity contribution in [2.45, 2.75) is 113 Å². The number of benzene rings is 2. The van der Waals surface area contributed by atoms with Crippen LogP contribution in [0.25, 0.3) is 0 Å². The zero-order valence-corrected chi connectivity index (χ0v) is 39.4. The predicted molar refractivity (Wildman–Crippen MR) is 245 cm³/mol. The first kappa shape index (κ1) is 55.1. The Labute approximate surface area is 393 Å². The number of carboxylic acids is 1. The van der Waals surface area contributed by atoms with Gasteiger partial charge in [0.1, 0.15) is 47.8 Å². The molecule has 22 nitrogen and oxygen atoms in total. The van der Waals surface area contributed by atoms with E-state index in [1.54, 1.807) is 38.1 Å². The molecule has 2 aromatic carbocycles. The van der Waals surface area contributed by atoms with Crippen LogP contribution in [0.4, 0.5) is 0 Å². The zero-order chi connectivity index (χ0) is 49.8. The molecule has 1 aliphatic heterocycles. The van der Waals surface area contributed by atoms with Crippen LogP contribution in [0.1, 0.15) is 72.1 Å². The molecule has 0 aliphatic carbocycles. The van der Waals surface area contributed by atoms with Gasteiger partial charge in [0.25, 0.3) is 0 Å². The number of nitrogens with two attached hydrogens (primary N) is 2. The Morgan fingerprint density at radius 2 is 1.36 bits per heavy atom. The number of hydrogen-bond donors (Lipinski definition) is 9. The number of nitrogens with zero attached hydrogens (tertiary/aromatic N) is 1. The number of carboxylic acid groups (broad SMARTS) is 1. The van der Waals surface area contributed by atoms with Crippen molar-refractivity contribution in [3.63, 3.8) is 0 Å². The Balaban J connectivity index is 1.60. The molecule has 0 spiro atoms. The van der Waals surface area contributed by atoms with Gasteiger partial charge in [0.15, 0.2) is 0 Å². The predicted octanol–water partition coefficient (Wildman–Crippen LogP) is -0.393. The summed E-state index contributed by atoms with van der Waals surface area (Å²) in [5, 5.41) is 21.6. The summed E-state index contributed by atoms with van der Waals surface area (Å²) in [5.74, 6) is -7.12. The van der Waals surface area contributed by atoms with E-state index in [2.05, 4.69) is 31.3 Å². The van der Waals surface area contributed by atoms with Gasteiger partial charge in [-0.2, -0.15) is 11.8 Å². The van der Waals surface area contributed by atoms with Crippen molar-refractivity contribution in [3.8, 4) is 11.5 Å². The van der Waals surface area contributed by atoms with Crippen LogP contribution in [0.2, 0.25) is 0 Å². The number of carbonyl (C=O) groups excluding carboxylic acids is 8. The van der Waals surface area contributed by atoms with Gasteiger partial charge in [0, 0.05) is 19.5 Å². The van der Waals surface area contributed by atoms with Crippen molar-refractivity contribution in [1.82, 2.24) is 36.2 Å². The number of carbonyl (C=O) groups is 9. The standard InChI is InChI=1S/C43H61N9O13S2/c1-25(2)22-31(41(60)49-30(18-21-66-4)43(62)52-20-9-12-34(52)38(45)57)50-39(58)26(3)47-40(59)33(24-37(55)56)51-42(61)32(23-35(44)53)48-36(54)13-8-19-46-67(63,64)29-16-14-28(15-17-29)65-27-10-6-5-7-11-27/h5-7,10-11,14-17,25-26,30-34,46H,8-9,12-13,18-24H2,1-4H3,(H2,44,53)(H2,45,57)(H,47,59)(H,48,54)(H,49,60)(H,50,58)(H,51,61)(H,55,56)/t26-,30-,31-,32-,33-,34-/m0/s1. The average molecular weight is 976 g/mol. The van der Waals surface area contributed by atoms with Crippen LogP contribution in [-0.4, -0.2) is 133 Å². The molecule has 1 aliphatic rings. The first-order valence-corrected chi connectivity index (χ1v) is 24.4.